The number of imidazole rings is 1. The van der Waals surface area contributed by atoms with Crippen molar-refractivity contribution >= 4 is 23.2 Å². The first-order valence-corrected chi connectivity index (χ1v) is 7.53. The molecule has 23 heavy (non-hydrogen) atoms. The second kappa shape index (κ2) is 5.89. The molecule has 4 rings (SSSR count). The number of hydrogen-bond acceptors (Lipinski definition) is 1. The Morgan fingerprint density at radius 3 is 2.13 bits per heavy atom. The fraction of sp³-hybridized carbons (Fsp3) is 0. The van der Waals surface area contributed by atoms with Crippen LogP contribution < -0.4 is 9.55 Å². The Balaban J connectivity index is 1.59. The molecule has 0 radical (unpaired) electrons. The van der Waals surface area contributed by atoms with Crippen LogP contribution in [0.2, 0.25) is 0 Å². The van der Waals surface area contributed by atoms with Crippen LogP contribution in [0.3, 0.4) is 0 Å². The molecule has 2 heterocycles. The Morgan fingerprint density at radius 1 is 0.739 bits per heavy atom. The second-order valence-corrected chi connectivity index (χ2v) is 5.30. The maximum absolute atomic E-state index is 4.54. The fourth-order valence-corrected chi connectivity index (χ4v) is 2.45. The zero-order chi connectivity index (χ0) is 15.5. The number of benzene rings is 2. The topological polar surface area (TPSA) is 30.9 Å². The molecule has 2 aromatic carbocycles. The van der Waals surface area contributed by atoms with E-state index in [2.05, 4.69) is 46.4 Å². The number of hydrogen-bond donors (Lipinski definition) is 0. The molecule has 0 saturated heterocycles. The summed E-state index contributed by atoms with van der Waals surface area (Å²) in [4.78, 5) is 9.08. The Kier molecular flexibility index (Phi) is 3.45. The molecule has 110 valence electrons. The van der Waals surface area contributed by atoms with Gasteiger partial charge in [-0.1, -0.05) is 54.6 Å². The Labute approximate surface area is 134 Å². The lowest BCUT2D eigenvalue weighted by Crippen LogP contribution is -2.31. The van der Waals surface area contributed by atoms with Crippen molar-refractivity contribution in [2.75, 3.05) is 0 Å². The number of pyridine rings is 1. The molecule has 3 heteroatoms. The van der Waals surface area contributed by atoms with E-state index in [9.17, 15) is 0 Å². The first kappa shape index (κ1) is 13.5. The predicted octanol–water partition coefficient (Wildman–Crippen LogP) is 3.64. The van der Waals surface area contributed by atoms with Gasteiger partial charge in [0.15, 0.2) is 0 Å². The molecule has 3 nitrogen and oxygen atoms in total. The van der Waals surface area contributed by atoms with E-state index in [1.807, 2.05) is 59.4 Å². The highest BCUT2D eigenvalue weighted by Gasteiger charge is 2.03. The van der Waals surface area contributed by atoms with Crippen LogP contribution in [0.1, 0.15) is 11.1 Å². The van der Waals surface area contributed by atoms with Gasteiger partial charge in [-0.15, -0.1) is 0 Å². The molecule has 4 aromatic rings. The van der Waals surface area contributed by atoms with Crippen molar-refractivity contribution in [2.45, 2.75) is 0 Å². The van der Waals surface area contributed by atoms with Crippen LogP contribution in [0.25, 0.3) is 29.1 Å². The largest absolute Gasteiger partial charge is 0.293 e. The van der Waals surface area contributed by atoms with Crippen molar-refractivity contribution in [2.24, 2.45) is 0 Å². The maximum atomic E-state index is 4.54. The lowest BCUT2D eigenvalue weighted by molar-refractivity contribution is -0.603. The summed E-state index contributed by atoms with van der Waals surface area (Å²) in [7, 11) is 0. The molecule has 0 unspecified atom stereocenters. The van der Waals surface area contributed by atoms with Gasteiger partial charge in [0.25, 0.3) is 0 Å². The number of para-hydroxylation sites is 2. The zero-order valence-electron chi connectivity index (χ0n) is 12.5. The van der Waals surface area contributed by atoms with E-state index in [0.717, 1.165) is 16.6 Å². The maximum Gasteiger partial charge on any atom is 0.234 e. The molecular weight excluding hydrogens is 282 g/mol. The highest BCUT2D eigenvalue weighted by molar-refractivity contribution is 5.75. The van der Waals surface area contributed by atoms with Gasteiger partial charge in [-0.05, 0) is 35.4 Å². The number of nitrogens with zero attached hydrogens (tertiary/aromatic N) is 3. The molecule has 0 spiro atoms. The van der Waals surface area contributed by atoms with E-state index in [1.165, 1.54) is 5.56 Å². The van der Waals surface area contributed by atoms with E-state index >= 15 is 0 Å². The van der Waals surface area contributed by atoms with E-state index < -0.39 is 0 Å². The SMILES string of the molecule is C(=C\c1cc[n+](-c2nc3ccccc3[n-]2)cc1)/c1ccccc1. The summed E-state index contributed by atoms with van der Waals surface area (Å²) in [5, 5.41) is 0. The van der Waals surface area contributed by atoms with Gasteiger partial charge in [0.05, 0.1) is 11.0 Å². The summed E-state index contributed by atoms with van der Waals surface area (Å²) in [5.41, 5.74) is 4.17. The Morgan fingerprint density at radius 2 is 1.39 bits per heavy atom. The van der Waals surface area contributed by atoms with Gasteiger partial charge in [-0.25, -0.2) is 9.97 Å². The van der Waals surface area contributed by atoms with Gasteiger partial charge in [0.1, 0.15) is 0 Å². The van der Waals surface area contributed by atoms with Crippen LogP contribution in [0.5, 0.6) is 0 Å². The van der Waals surface area contributed by atoms with Crippen LogP contribution in [0.4, 0.5) is 0 Å². The summed E-state index contributed by atoms with van der Waals surface area (Å²) in [6.45, 7) is 0. The van der Waals surface area contributed by atoms with Crippen LogP contribution in [0, 0.1) is 0 Å². The van der Waals surface area contributed by atoms with E-state index in [1.54, 1.807) is 0 Å². The average molecular weight is 297 g/mol. The summed E-state index contributed by atoms with van der Waals surface area (Å²) in [6.07, 6.45) is 8.17. The monoisotopic (exact) mass is 297 g/mol. The van der Waals surface area contributed by atoms with E-state index in [-0.39, 0.29) is 0 Å². The smallest absolute Gasteiger partial charge is 0.234 e. The van der Waals surface area contributed by atoms with Gasteiger partial charge in [-0.3, -0.25) is 4.57 Å². The molecule has 0 aliphatic heterocycles. The van der Waals surface area contributed by atoms with Crippen LogP contribution in [-0.4, -0.2) is 4.98 Å². The lowest BCUT2D eigenvalue weighted by atomic mass is 10.1. The summed E-state index contributed by atoms with van der Waals surface area (Å²) < 4.78 is 1.93. The first-order valence-electron chi connectivity index (χ1n) is 7.53. The van der Waals surface area contributed by atoms with Gasteiger partial charge in [0, 0.05) is 12.4 Å². The van der Waals surface area contributed by atoms with Crippen molar-refractivity contribution in [3.63, 3.8) is 0 Å². The Bertz CT molecular complexity index is 918. The third-order valence-electron chi connectivity index (χ3n) is 3.68. The predicted molar refractivity (Wildman–Crippen MR) is 92.0 cm³/mol. The van der Waals surface area contributed by atoms with Crippen LogP contribution in [-0.2, 0) is 0 Å². The first-order chi connectivity index (χ1) is 11.4. The molecule has 0 saturated carbocycles. The number of aromatic nitrogens is 3. The molecule has 0 fully saturated rings. The summed E-state index contributed by atoms with van der Waals surface area (Å²) in [5.74, 6) is 0.699. The van der Waals surface area contributed by atoms with Gasteiger partial charge in [0.2, 0.25) is 5.95 Å². The highest BCUT2D eigenvalue weighted by atomic mass is 15.1. The third kappa shape index (κ3) is 2.90. The molecule has 0 atom stereocenters. The molecule has 2 aromatic heterocycles. The molecular formula is C20H15N3. The van der Waals surface area contributed by atoms with Gasteiger partial charge in [-0.2, -0.15) is 0 Å². The van der Waals surface area contributed by atoms with E-state index in [0.29, 0.717) is 5.95 Å². The van der Waals surface area contributed by atoms with Crippen LogP contribution in [0.15, 0.2) is 79.1 Å². The summed E-state index contributed by atoms with van der Waals surface area (Å²) in [6, 6.07) is 22.3. The number of fused-ring (bicyclic) bond motifs is 1. The fourth-order valence-electron chi connectivity index (χ4n) is 2.45. The second-order valence-electron chi connectivity index (χ2n) is 5.30. The summed E-state index contributed by atoms with van der Waals surface area (Å²) >= 11 is 0. The molecule has 0 N–H and O–H groups in total. The average Bonchev–Trinajstić information content (AvgIpc) is 3.05. The number of rotatable bonds is 3. The van der Waals surface area contributed by atoms with E-state index in [4.69, 9.17) is 0 Å². The quantitative estimate of drug-likeness (QED) is 0.541. The van der Waals surface area contributed by atoms with Crippen molar-refractivity contribution in [1.82, 2.24) is 9.97 Å². The minimum Gasteiger partial charge on any atom is -0.293 e. The standard InChI is InChI=1S/C20H15N3/c1-2-6-16(7-3-1)10-11-17-12-14-23(15-13-17)20-21-18-8-4-5-9-19(18)22-20/h1-15H/b11-10+. The minimum atomic E-state index is 0.699. The van der Waals surface area contributed by atoms with Gasteiger partial charge < -0.3 is 0 Å². The van der Waals surface area contributed by atoms with Crippen molar-refractivity contribution in [3.05, 3.63) is 90.3 Å². The van der Waals surface area contributed by atoms with Crippen molar-refractivity contribution in [1.29, 1.82) is 0 Å². The zero-order valence-corrected chi connectivity index (χ0v) is 12.5. The van der Waals surface area contributed by atoms with Gasteiger partial charge >= 0.3 is 0 Å². The molecule has 0 aliphatic rings. The molecule has 0 amide bonds. The lowest BCUT2D eigenvalue weighted by Gasteiger charge is -2.01. The normalized spacial score (nSPS) is 11.3. The minimum absolute atomic E-state index is 0.699. The molecule has 0 bridgehead atoms. The highest BCUT2D eigenvalue weighted by Crippen LogP contribution is 2.10. The third-order valence-corrected chi connectivity index (χ3v) is 3.68. The van der Waals surface area contributed by atoms with Crippen LogP contribution >= 0.6 is 0 Å². The molecule has 0 aliphatic carbocycles. The van der Waals surface area contributed by atoms with Crippen molar-refractivity contribution < 1.29 is 4.57 Å². The Hall–Kier alpha value is -3.20. The van der Waals surface area contributed by atoms with Crippen molar-refractivity contribution in [3.8, 4) is 5.95 Å².